The molecule has 0 aromatic carbocycles. The van der Waals surface area contributed by atoms with Gasteiger partial charge >= 0.3 is 0 Å². The lowest BCUT2D eigenvalue weighted by molar-refractivity contribution is -0.123. The molecule has 27 heavy (non-hydrogen) atoms. The smallest absolute Gasteiger partial charge is 0.267 e. The number of amides is 1. The number of nitrogens with one attached hydrogen (secondary N) is 1. The van der Waals surface area contributed by atoms with E-state index >= 15 is 0 Å². The molecule has 0 radical (unpaired) electrons. The van der Waals surface area contributed by atoms with E-state index in [-0.39, 0.29) is 17.5 Å². The molecule has 0 aliphatic carbocycles. The molecule has 1 aliphatic rings. The minimum absolute atomic E-state index is 0.0117. The Morgan fingerprint density at radius 2 is 2.19 bits per heavy atom. The van der Waals surface area contributed by atoms with Crippen LogP contribution in [0.25, 0.3) is 11.7 Å². The molecule has 1 fully saturated rings. The number of anilines is 1. The summed E-state index contributed by atoms with van der Waals surface area (Å²) >= 11 is 6.58. The van der Waals surface area contributed by atoms with Crippen molar-refractivity contribution in [3.05, 3.63) is 57.9 Å². The SMILES string of the molecule is C=CCNc1nc2ccccn2c(=O)c1C=C1SC(=S)N(C(C)CC)C1=O. The van der Waals surface area contributed by atoms with E-state index in [0.29, 0.717) is 32.8 Å². The molecular weight excluding hydrogens is 380 g/mol. The minimum atomic E-state index is -0.249. The topological polar surface area (TPSA) is 66.7 Å². The molecule has 8 heteroatoms. The highest BCUT2D eigenvalue weighted by Gasteiger charge is 2.35. The second-order valence-electron chi connectivity index (χ2n) is 6.09. The van der Waals surface area contributed by atoms with Gasteiger partial charge in [-0.15, -0.1) is 6.58 Å². The fraction of sp³-hybridized carbons (Fsp3) is 0.263. The second-order valence-corrected chi connectivity index (χ2v) is 7.76. The highest BCUT2D eigenvalue weighted by molar-refractivity contribution is 8.26. The third-order valence-electron chi connectivity index (χ3n) is 4.31. The largest absolute Gasteiger partial charge is 0.366 e. The molecule has 1 atom stereocenters. The number of hydrogen-bond donors (Lipinski definition) is 1. The number of thiocarbonyl (C=S) groups is 1. The van der Waals surface area contributed by atoms with Crippen LogP contribution in [0.2, 0.25) is 0 Å². The van der Waals surface area contributed by atoms with Crippen molar-refractivity contribution in [2.24, 2.45) is 0 Å². The van der Waals surface area contributed by atoms with Gasteiger partial charge in [0.05, 0.1) is 10.5 Å². The van der Waals surface area contributed by atoms with Gasteiger partial charge in [-0.1, -0.05) is 43.0 Å². The molecule has 0 bridgehead atoms. The average Bonchev–Trinajstić information content (AvgIpc) is 2.95. The van der Waals surface area contributed by atoms with Crippen molar-refractivity contribution in [1.82, 2.24) is 14.3 Å². The maximum absolute atomic E-state index is 13.0. The van der Waals surface area contributed by atoms with Gasteiger partial charge in [-0.25, -0.2) is 4.98 Å². The third kappa shape index (κ3) is 3.68. The lowest BCUT2D eigenvalue weighted by atomic mass is 10.2. The predicted octanol–water partition coefficient (Wildman–Crippen LogP) is 3.29. The number of pyridine rings is 1. The Morgan fingerprint density at radius 1 is 1.41 bits per heavy atom. The van der Waals surface area contributed by atoms with Crippen LogP contribution in [-0.4, -0.2) is 37.1 Å². The van der Waals surface area contributed by atoms with Crippen LogP contribution in [0.3, 0.4) is 0 Å². The Balaban J connectivity index is 2.13. The maximum atomic E-state index is 13.0. The van der Waals surface area contributed by atoms with Gasteiger partial charge in [0.1, 0.15) is 15.8 Å². The van der Waals surface area contributed by atoms with Crippen molar-refractivity contribution in [3.8, 4) is 0 Å². The van der Waals surface area contributed by atoms with Gasteiger partial charge in [-0.2, -0.15) is 0 Å². The van der Waals surface area contributed by atoms with Crippen molar-refractivity contribution in [2.75, 3.05) is 11.9 Å². The first-order valence-electron chi connectivity index (χ1n) is 8.61. The number of rotatable bonds is 6. The summed E-state index contributed by atoms with van der Waals surface area (Å²) in [6, 6.07) is 5.35. The van der Waals surface area contributed by atoms with Crippen LogP contribution in [0.5, 0.6) is 0 Å². The number of carbonyl (C=O) groups is 1. The number of nitrogens with zero attached hydrogens (tertiary/aromatic N) is 3. The summed E-state index contributed by atoms with van der Waals surface area (Å²) < 4.78 is 1.97. The van der Waals surface area contributed by atoms with E-state index < -0.39 is 0 Å². The van der Waals surface area contributed by atoms with E-state index in [4.69, 9.17) is 12.2 Å². The molecule has 6 nitrogen and oxygen atoms in total. The van der Waals surface area contributed by atoms with Gasteiger partial charge < -0.3 is 5.32 Å². The second kappa shape index (κ2) is 8.06. The summed E-state index contributed by atoms with van der Waals surface area (Å²) in [4.78, 5) is 32.4. The summed E-state index contributed by atoms with van der Waals surface area (Å²) in [5.41, 5.74) is 0.601. The van der Waals surface area contributed by atoms with E-state index in [2.05, 4.69) is 16.9 Å². The van der Waals surface area contributed by atoms with Gasteiger partial charge in [0.2, 0.25) is 0 Å². The predicted molar refractivity (Wildman–Crippen MR) is 115 cm³/mol. The first-order valence-corrected chi connectivity index (χ1v) is 9.83. The van der Waals surface area contributed by atoms with Gasteiger partial charge in [0.15, 0.2) is 0 Å². The van der Waals surface area contributed by atoms with Crippen LogP contribution in [0.4, 0.5) is 5.82 Å². The Bertz CT molecular complexity index is 1010. The molecule has 3 heterocycles. The van der Waals surface area contributed by atoms with Crippen LogP contribution in [0.1, 0.15) is 25.8 Å². The zero-order valence-corrected chi connectivity index (χ0v) is 16.8. The van der Waals surface area contributed by atoms with Gasteiger partial charge in [-0.3, -0.25) is 18.9 Å². The summed E-state index contributed by atoms with van der Waals surface area (Å²) in [7, 11) is 0. The molecule has 140 valence electrons. The maximum Gasteiger partial charge on any atom is 0.267 e. The van der Waals surface area contributed by atoms with E-state index in [1.54, 1.807) is 35.4 Å². The Hall–Kier alpha value is -2.45. The quantitative estimate of drug-likeness (QED) is 0.456. The van der Waals surface area contributed by atoms with Gasteiger partial charge in [0, 0.05) is 18.8 Å². The third-order valence-corrected chi connectivity index (χ3v) is 5.64. The zero-order chi connectivity index (χ0) is 19.6. The van der Waals surface area contributed by atoms with Crippen molar-refractivity contribution < 1.29 is 4.79 Å². The monoisotopic (exact) mass is 400 g/mol. The molecule has 1 unspecified atom stereocenters. The summed E-state index contributed by atoms with van der Waals surface area (Å²) in [6.07, 6.45) is 5.72. The Morgan fingerprint density at radius 3 is 2.89 bits per heavy atom. The molecule has 2 aromatic heterocycles. The average molecular weight is 401 g/mol. The molecule has 1 amide bonds. The number of carbonyl (C=O) groups excluding carboxylic acids is 1. The molecular formula is C19H20N4O2S2. The van der Waals surface area contributed by atoms with E-state index in [1.165, 1.54) is 16.2 Å². The lowest BCUT2D eigenvalue weighted by Gasteiger charge is -2.21. The van der Waals surface area contributed by atoms with Crippen molar-refractivity contribution in [3.63, 3.8) is 0 Å². The standard InChI is InChI=1S/C19H20N4O2S2/c1-4-9-20-16-13(17(24)22-10-7-6-8-15(22)21-16)11-14-18(25)23(12(3)5-2)19(26)27-14/h4,6-8,10-12,20H,1,5,9H2,2-3H3. The first kappa shape index (κ1) is 19.3. The summed E-state index contributed by atoms with van der Waals surface area (Å²) in [5, 5.41) is 3.09. The van der Waals surface area contributed by atoms with Crippen LogP contribution in [-0.2, 0) is 4.79 Å². The number of thioether (sulfide) groups is 1. The normalized spacial score (nSPS) is 17.0. The number of aromatic nitrogens is 2. The minimum Gasteiger partial charge on any atom is -0.366 e. The van der Waals surface area contributed by atoms with Gasteiger partial charge in [0.25, 0.3) is 11.5 Å². The van der Waals surface area contributed by atoms with Crippen LogP contribution >= 0.6 is 24.0 Å². The molecule has 1 aliphatic heterocycles. The summed E-state index contributed by atoms with van der Waals surface area (Å²) in [6.45, 7) is 8.09. The van der Waals surface area contributed by atoms with E-state index in [1.807, 2.05) is 19.9 Å². The van der Waals surface area contributed by atoms with Crippen molar-refractivity contribution in [1.29, 1.82) is 0 Å². The van der Waals surface area contributed by atoms with Crippen molar-refractivity contribution >= 4 is 51.7 Å². The molecule has 1 N–H and O–H groups in total. The highest BCUT2D eigenvalue weighted by Crippen LogP contribution is 2.34. The van der Waals surface area contributed by atoms with E-state index in [9.17, 15) is 9.59 Å². The molecule has 0 spiro atoms. The van der Waals surface area contributed by atoms with E-state index in [0.717, 1.165) is 6.42 Å². The first-order chi connectivity index (χ1) is 13.0. The van der Waals surface area contributed by atoms with Gasteiger partial charge in [-0.05, 0) is 31.6 Å². The number of fused-ring (bicyclic) bond motifs is 1. The molecule has 2 aromatic rings. The molecule has 3 rings (SSSR count). The number of hydrogen-bond acceptors (Lipinski definition) is 6. The fourth-order valence-electron chi connectivity index (χ4n) is 2.71. The highest BCUT2D eigenvalue weighted by atomic mass is 32.2. The zero-order valence-electron chi connectivity index (χ0n) is 15.1. The van der Waals surface area contributed by atoms with Crippen molar-refractivity contribution in [2.45, 2.75) is 26.3 Å². The summed E-state index contributed by atoms with van der Waals surface area (Å²) in [5.74, 6) is 0.242. The Kier molecular flexibility index (Phi) is 5.76. The molecule has 1 saturated heterocycles. The van der Waals surface area contributed by atoms with Crippen LogP contribution in [0, 0.1) is 0 Å². The lowest BCUT2D eigenvalue weighted by Crippen LogP contribution is -2.36. The van der Waals surface area contributed by atoms with Crippen LogP contribution in [0.15, 0.2) is 46.8 Å². The fourth-order valence-corrected chi connectivity index (χ4v) is 4.15. The molecule has 0 saturated carbocycles. The van der Waals surface area contributed by atoms with Crippen LogP contribution < -0.4 is 10.9 Å². The Labute approximate surface area is 167 Å².